The summed E-state index contributed by atoms with van der Waals surface area (Å²) in [6.45, 7) is 0. The van der Waals surface area contributed by atoms with E-state index in [1.165, 1.54) is 5.56 Å². The van der Waals surface area contributed by atoms with Crippen molar-refractivity contribution in [1.82, 2.24) is 0 Å². The number of Topliss-reactive ketones (excluding diaryl/α,β-unsaturated/α-hetero) is 1. The molecule has 0 saturated carbocycles. The molecule has 0 radical (unpaired) electrons. The molecule has 0 aromatic heterocycles. The summed E-state index contributed by atoms with van der Waals surface area (Å²) in [6.07, 6.45) is 1.53. The molecule has 1 aliphatic rings. The molecule has 0 amide bonds. The quantitative estimate of drug-likeness (QED) is 0.800. The van der Waals surface area contributed by atoms with E-state index in [2.05, 4.69) is 12.1 Å². The lowest BCUT2D eigenvalue weighted by Gasteiger charge is -2.06. The minimum atomic E-state index is 0.259. The van der Waals surface area contributed by atoms with Crippen molar-refractivity contribution in [1.29, 1.82) is 0 Å². The van der Waals surface area contributed by atoms with E-state index >= 15 is 0 Å². The molecule has 0 fully saturated rings. The molecule has 0 atom stereocenters. The van der Waals surface area contributed by atoms with Crippen molar-refractivity contribution in [2.45, 2.75) is 12.8 Å². The molecule has 0 N–H and O–H groups in total. The lowest BCUT2D eigenvalue weighted by molar-refractivity contribution is 0.0994. The van der Waals surface area contributed by atoms with Crippen molar-refractivity contribution in [3.05, 3.63) is 53.6 Å². The topological polar surface area (TPSA) is 26.3 Å². The van der Waals surface area contributed by atoms with Crippen LogP contribution >= 0.6 is 0 Å². The van der Waals surface area contributed by atoms with E-state index < -0.39 is 0 Å². The van der Waals surface area contributed by atoms with Crippen LogP contribution in [0.15, 0.2) is 42.5 Å². The average Bonchev–Trinajstić information content (AvgIpc) is 2.80. The Morgan fingerprint density at radius 3 is 2.67 bits per heavy atom. The van der Waals surface area contributed by atoms with Crippen molar-refractivity contribution in [3.63, 3.8) is 0 Å². The summed E-state index contributed by atoms with van der Waals surface area (Å²) in [5.74, 6) is 1.09. The average molecular weight is 238 g/mol. The second-order valence-electron chi connectivity index (χ2n) is 4.53. The predicted molar refractivity (Wildman–Crippen MR) is 71.1 cm³/mol. The standard InChI is InChI=1S/C16H14O2/c1-18-14-4-2-3-12(9-14)13-6-5-11-7-8-16(17)15(11)10-13/h2-6,9-10H,7-8H2,1H3. The zero-order valence-corrected chi connectivity index (χ0v) is 10.3. The Hall–Kier alpha value is -2.09. The molecular formula is C16H14O2. The van der Waals surface area contributed by atoms with Crippen molar-refractivity contribution in [2.75, 3.05) is 7.11 Å². The number of benzene rings is 2. The number of ketones is 1. The summed E-state index contributed by atoms with van der Waals surface area (Å²) in [4.78, 5) is 11.7. The van der Waals surface area contributed by atoms with Crippen LogP contribution in [0.3, 0.4) is 0 Å². The lowest BCUT2D eigenvalue weighted by atomic mass is 10.0. The third-order valence-corrected chi connectivity index (χ3v) is 3.43. The summed E-state index contributed by atoms with van der Waals surface area (Å²) in [5.41, 5.74) is 4.21. The highest BCUT2D eigenvalue weighted by molar-refractivity contribution is 6.01. The monoisotopic (exact) mass is 238 g/mol. The molecule has 0 spiro atoms. The first-order valence-corrected chi connectivity index (χ1v) is 6.08. The Bertz CT molecular complexity index is 614. The number of carbonyl (C=O) groups excluding carboxylic acids is 1. The summed E-state index contributed by atoms with van der Waals surface area (Å²) in [5, 5.41) is 0. The van der Waals surface area contributed by atoms with Gasteiger partial charge in [0.2, 0.25) is 0 Å². The van der Waals surface area contributed by atoms with Crippen molar-refractivity contribution < 1.29 is 9.53 Å². The molecule has 0 aliphatic heterocycles. The van der Waals surface area contributed by atoms with E-state index in [-0.39, 0.29) is 5.78 Å². The summed E-state index contributed by atoms with van der Waals surface area (Å²) >= 11 is 0. The molecule has 18 heavy (non-hydrogen) atoms. The van der Waals surface area contributed by atoms with Crippen LogP contribution in [0.5, 0.6) is 5.75 Å². The summed E-state index contributed by atoms with van der Waals surface area (Å²) in [7, 11) is 1.66. The van der Waals surface area contributed by atoms with Gasteiger partial charge in [-0.15, -0.1) is 0 Å². The number of hydrogen-bond acceptors (Lipinski definition) is 2. The smallest absolute Gasteiger partial charge is 0.163 e. The number of ether oxygens (including phenoxy) is 1. The number of rotatable bonds is 2. The highest BCUT2D eigenvalue weighted by Gasteiger charge is 2.19. The maximum absolute atomic E-state index is 11.7. The van der Waals surface area contributed by atoms with Crippen molar-refractivity contribution >= 4 is 5.78 Å². The van der Waals surface area contributed by atoms with Crippen LogP contribution < -0.4 is 4.74 Å². The van der Waals surface area contributed by atoms with E-state index in [1.54, 1.807) is 7.11 Å². The van der Waals surface area contributed by atoms with Gasteiger partial charge in [0.25, 0.3) is 0 Å². The third kappa shape index (κ3) is 1.80. The van der Waals surface area contributed by atoms with Gasteiger partial charge in [0.15, 0.2) is 5.78 Å². The molecule has 0 bridgehead atoms. The van der Waals surface area contributed by atoms with Gasteiger partial charge in [0, 0.05) is 12.0 Å². The minimum Gasteiger partial charge on any atom is -0.497 e. The van der Waals surface area contributed by atoms with Gasteiger partial charge in [0.1, 0.15) is 5.75 Å². The first-order valence-electron chi connectivity index (χ1n) is 6.08. The van der Waals surface area contributed by atoms with Gasteiger partial charge in [-0.05, 0) is 41.3 Å². The molecule has 2 aromatic carbocycles. The van der Waals surface area contributed by atoms with Crippen LogP contribution in [0.4, 0.5) is 0 Å². The Morgan fingerprint density at radius 2 is 1.83 bits per heavy atom. The maximum atomic E-state index is 11.7. The predicted octanol–water partition coefficient (Wildman–Crippen LogP) is 3.49. The molecule has 3 rings (SSSR count). The van der Waals surface area contributed by atoms with E-state index in [1.807, 2.05) is 30.3 Å². The molecule has 90 valence electrons. The zero-order chi connectivity index (χ0) is 12.5. The fourth-order valence-electron chi connectivity index (χ4n) is 2.42. The Labute approximate surface area is 106 Å². The van der Waals surface area contributed by atoms with Crippen LogP contribution in [0.25, 0.3) is 11.1 Å². The Kier molecular flexibility index (Phi) is 2.63. The second-order valence-corrected chi connectivity index (χ2v) is 4.53. The molecule has 2 nitrogen and oxygen atoms in total. The molecule has 2 heteroatoms. The Balaban J connectivity index is 2.07. The van der Waals surface area contributed by atoms with Gasteiger partial charge >= 0.3 is 0 Å². The van der Waals surface area contributed by atoms with Crippen LogP contribution in [0.1, 0.15) is 22.3 Å². The number of carbonyl (C=O) groups is 1. The van der Waals surface area contributed by atoms with E-state index in [4.69, 9.17) is 4.74 Å². The SMILES string of the molecule is COc1cccc(-c2ccc3c(c2)C(=O)CC3)c1. The lowest BCUT2D eigenvalue weighted by Crippen LogP contribution is -1.92. The van der Waals surface area contributed by atoms with Crippen LogP contribution in [0, 0.1) is 0 Å². The zero-order valence-electron chi connectivity index (χ0n) is 10.3. The van der Waals surface area contributed by atoms with Gasteiger partial charge in [-0.2, -0.15) is 0 Å². The molecular weight excluding hydrogens is 224 g/mol. The van der Waals surface area contributed by atoms with Crippen LogP contribution in [0.2, 0.25) is 0 Å². The molecule has 0 unspecified atom stereocenters. The third-order valence-electron chi connectivity index (χ3n) is 3.43. The van der Waals surface area contributed by atoms with Crippen molar-refractivity contribution in [2.24, 2.45) is 0 Å². The fourth-order valence-corrected chi connectivity index (χ4v) is 2.42. The largest absolute Gasteiger partial charge is 0.497 e. The van der Waals surface area contributed by atoms with Crippen LogP contribution in [-0.2, 0) is 6.42 Å². The number of hydrogen-bond donors (Lipinski definition) is 0. The Morgan fingerprint density at radius 1 is 1.00 bits per heavy atom. The fraction of sp³-hybridized carbons (Fsp3) is 0.188. The second kappa shape index (κ2) is 4.30. The van der Waals surface area contributed by atoms with Crippen LogP contribution in [-0.4, -0.2) is 12.9 Å². The maximum Gasteiger partial charge on any atom is 0.163 e. The number of aryl methyl sites for hydroxylation is 1. The molecule has 1 aliphatic carbocycles. The molecule has 0 heterocycles. The van der Waals surface area contributed by atoms with E-state index in [0.717, 1.165) is 28.9 Å². The van der Waals surface area contributed by atoms with E-state index in [0.29, 0.717) is 6.42 Å². The number of fused-ring (bicyclic) bond motifs is 1. The normalized spacial score (nSPS) is 13.5. The highest BCUT2D eigenvalue weighted by Crippen LogP contribution is 2.29. The van der Waals surface area contributed by atoms with Gasteiger partial charge in [-0.3, -0.25) is 4.79 Å². The van der Waals surface area contributed by atoms with Gasteiger partial charge in [0.05, 0.1) is 7.11 Å². The molecule has 0 saturated heterocycles. The van der Waals surface area contributed by atoms with Gasteiger partial charge < -0.3 is 4.74 Å². The summed E-state index contributed by atoms with van der Waals surface area (Å²) < 4.78 is 5.22. The number of methoxy groups -OCH3 is 1. The first kappa shape index (κ1) is 11.0. The molecule has 2 aromatic rings. The van der Waals surface area contributed by atoms with Gasteiger partial charge in [-0.1, -0.05) is 24.3 Å². The summed E-state index contributed by atoms with van der Waals surface area (Å²) in [6, 6.07) is 14.0. The highest BCUT2D eigenvalue weighted by atomic mass is 16.5. The van der Waals surface area contributed by atoms with E-state index in [9.17, 15) is 4.79 Å². The minimum absolute atomic E-state index is 0.259. The van der Waals surface area contributed by atoms with Crippen molar-refractivity contribution in [3.8, 4) is 16.9 Å². The van der Waals surface area contributed by atoms with Gasteiger partial charge in [-0.25, -0.2) is 0 Å². The first-order chi connectivity index (χ1) is 8.78.